The van der Waals surface area contributed by atoms with Gasteiger partial charge in [0.15, 0.2) is 17.5 Å². The van der Waals surface area contributed by atoms with Gasteiger partial charge in [0, 0.05) is 26.1 Å². The highest BCUT2D eigenvalue weighted by Gasteiger charge is 2.11. The van der Waals surface area contributed by atoms with Crippen molar-refractivity contribution in [3.05, 3.63) is 53.6 Å². The van der Waals surface area contributed by atoms with Crippen LogP contribution in [0.3, 0.4) is 0 Å². The first-order chi connectivity index (χ1) is 13.1. The smallest absolute Gasteiger partial charge is 0.191 e. The molecule has 27 heavy (non-hydrogen) atoms. The number of methoxy groups -OCH3 is 3. The first kappa shape index (κ1) is 20.4. The Morgan fingerprint density at radius 1 is 0.926 bits per heavy atom. The maximum atomic E-state index is 5.45. The molecule has 0 aliphatic heterocycles. The van der Waals surface area contributed by atoms with Gasteiger partial charge in [-0.25, -0.2) is 0 Å². The Bertz CT molecular complexity index is 762. The van der Waals surface area contributed by atoms with Crippen molar-refractivity contribution in [2.24, 2.45) is 4.99 Å². The van der Waals surface area contributed by atoms with E-state index < -0.39 is 0 Å². The van der Waals surface area contributed by atoms with Crippen molar-refractivity contribution in [3.8, 4) is 17.2 Å². The van der Waals surface area contributed by atoms with E-state index in [9.17, 15) is 0 Å². The molecule has 0 aromatic heterocycles. The first-order valence-electron chi connectivity index (χ1n) is 8.91. The number of nitrogens with one attached hydrogen (secondary N) is 2. The molecule has 2 rings (SSSR count). The summed E-state index contributed by atoms with van der Waals surface area (Å²) in [5.41, 5.74) is 2.25. The Morgan fingerprint density at radius 2 is 1.63 bits per heavy atom. The minimum absolute atomic E-state index is 0.279. The van der Waals surface area contributed by atoms with Gasteiger partial charge in [0.1, 0.15) is 5.75 Å². The van der Waals surface area contributed by atoms with Crippen molar-refractivity contribution in [1.29, 1.82) is 0 Å². The fourth-order valence-electron chi connectivity index (χ4n) is 2.83. The zero-order chi connectivity index (χ0) is 19.6. The van der Waals surface area contributed by atoms with E-state index in [0.29, 0.717) is 12.3 Å². The number of para-hydroxylation sites is 1. The molecule has 0 heterocycles. The van der Waals surface area contributed by atoms with Crippen molar-refractivity contribution in [1.82, 2.24) is 10.6 Å². The van der Waals surface area contributed by atoms with Crippen LogP contribution in [0.2, 0.25) is 0 Å². The second kappa shape index (κ2) is 10.3. The van der Waals surface area contributed by atoms with Crippen molar-refractivity contribution in [2.45, 2.75) is 19.4 Å². The molecule has 6 nitrogen and oxygen atoms in total. The van der Waals surface area contributed by atoms with E-state index >= 15 is 0 Å². The standard InChI is InChI=1S/C21H29N3O3/c1-15(17-8-6-7-9-18(17)25-3)13-23-21(22-2)24-14-16-10-11-19(26-4)20(12-16)27-5/h6-12,15H,13-14H2,1-5H3,(H2,22,23,24). The van der Waals surface area contributed by atoms with E-state index in [4.69, 9.17) is 14.2 Å². The van der Waals surface area contributed by atoms with E-state index in [1.165, 1.54) is 5.56 Å². The molecule has 2 aromatic rings. The van der Waals surface area contributed by atoms with Crippen LogP contribution in [0.4, 0.5) is 0 Å². The van der Waals surface area contributed by atoms with Gasteiger partial charge >= 0.3 is 0 Å². The summed E-state index contributed by atoms with van der Waals surface area (Å²) in [7, 11) is 6.72. The quantitative estimate of drug-likeness (QED) is 0.551. The van der Waals surface area contributed by atoms with Crippen molar-refractivity contribution in [3.63, 3.8) is 0 Å². The minimum atomic E-state index is 0.279. The van der Waals surface area contributed by atoms with Crippen LogP contribution in [0, 0.1) is 0 Å². The number of nitrogens with zero attached hydrogens (tertiary/aromatic N) is 1. The molecular weight excluding hydrogens is 342 g/mol. The Balaban J connectivity index is 1.92. The maximum Gasteiger partial charge on any atom is 0.191 e. The minimum Gasteiger partial charge on any atom is -0.496 e. The van der Waals surface area contributed by atoms with Crippen LogP contribution in [0.5, 0.6) is 17.2 Å². The topological polar surface area (TPSA) is 64.1 Å². The van der Waals surface area contributed by atoms with E-state index in [-0.39, 0.29) is 5.92 Å². The largest absolute Gasteiger partial charge is 0.496 e. The monoisotopic (exact) mass is 371 g/mol. The van der Waals surface area contributed by atoms with Gasteiger partial charge in [-0.05, 0) is 29.3 Å². The Hall–Kier alpha value is -2.89. The predicted molar refractivity (Wildman–Crippen MR) is 109 cm³/mol. The maximum absolute atomic E-state index is 5.45. The third-order valence-electron chi connectivity index (χ3n) is 4.38. The fourth-order valence-corrected chi connectivity index (χ4v) is 2.83. The van der Waals surface area contributed by atoms with Crippen LogP contribution in [-0.2, 0) is 6.54 Å². The molecule has 2 aromatic carbocycles. The van der Waals surface area contributed by atoms with E-state index in [0.717, 1.165) is 29.6 Å². The second-order valence-electron chi connectivity index (χ2n) is 6.14. The molecule has 6 heteroatoms. The lowest BCUT2D eigenvalue weighted by molar-refractivity contribution is 0.354. The Labute approximate surface area is 161 Å². The van der Waals surface area contributed by atoms with Crippen LogP contribution in [0.1, 0.15) is 24.0 Å². The summed E-state index contributed by atoms with van der Waals surface area (Å²) >= 11 is 0. The zero-order valence-electron chi connectivity index (χ0n) is 16.7. The zero-order valence-corrected chi connectivity index (χ0v) is 16.7. The van der Waals surface area contributed by atoms with Gasteiger partial charge in [-0.2, -0.15) is 0 Å². The van der Waals surface area contributed by atoms with E-state index in [2.05, 4.69) is 28.6 Å². The molecule has 0 aliphatic carbocycles. The molecule has 0 saturated heterocycles. The summed E-state index contributed by atoms with van der Waals surface area (Å²) in [5, 5.41) is 6.69. The summed E-state index contributed by atoms with van der Waals surface area (Å²) in [4.78, 5) is 4.29. The molecule has 0 fully saturated rings. The fraction of sp³-hybridized carbons (Fsp3) is 0.381. The van der Waals surface area contributed by atoms with Crippen molar-refractivity contribution < 1.29 is 14.2 Å². The highest BCUT2D eigenvalue weighted by atomic mass is 16.5. The predicted octanol–water partition coefficient (Wildman–Crippen LogP) is 3.18. The lowest BCUT2D eigenvalue weighted by Crippen LogP contribution is -2.38. The lowest BCUT2D eigenvalue weighted by atomic mass is 10.0. The number of hydrogen-bond acceptors (Lipinski definition) is 4. The summed E-state index contributed by atoms with van der Waals surface area (Å²) in [6.07, 6.45) is 0. The van der Waals surface area contributed by atoms with Crippen LogP contribution in [0.25, 0.3) is 0 Å². The molecule has 0 radical (unpaired) electrons. The first-order valence-corrected chi connectivity index (χ1v) is 8.91. The van der Waals surface area contributed by atoms with Gasteiger partial charge < -0.3 is 24.8 Å². The molecule has 0 amide bonds. The molecule has 2 N–H and O–H groups in total. The third kappa shape index (κ3) is 5.54. The number of guanidine groups is 1. The Kier molecular flexibility index (Phi) is 7.79. The van der Waals surface area contributed by atoms with Crippen LogP contribution >= 0.6 is 0 Å². The van der Waals surface area contributed by atoms with Gasteiger partial charge in [-0.15, -0.1) is 0 Å². The molecular formula is C21H29N3O3. The molecule has 1 unspecified atom stereocenters. The highest BCUT2D eigenvalue weighted by molar-refractivity contribution is 5.79. The summed E-state index contributed by atoms with van der Waals surface area (Å²) in [6, 6.07) is 13.9. The van der Waals surface area contributed by atoms with Crippen LogP contribution < -0.4 is 24.8 Å². The molecule has 146 valence electrons. The average molecular weight is 371 g/mol. The second-order valence-corrected chi connectivity index (χ2v) is 6.14. The SMILES string of the molecule is CN=C(NCc1ccc(OC)c(OC)c1)NCC(C)c1ccccc1OC. The number of hydrogen-bond donors (Lipinski definition) is 2. The van der Waals surface area contributed by atoms with E-state index in [1.807, 2.05) is 36.4 Å². The summed E-state index contributed by atoms with van der Waals surface area (Å²) in [5.74, 6) is 3.35. The number of benzene rings is 2. The molecule has 0 saturated carbocycles. The summed E-state index contributed by atoms with van der Waals surface area (Å²) < 4.78 is 16.1. The molecule has 0 aliphatic rings. The lowest BCUT2D eigenvalue weighted by Gasteiger charge is -2.18. The van der Waals surface area contributed by atoms with Gasteiger partial charge in [-0.1, -0.05) is 31.2 Å². The third-order valence-corrected chi connectivity index (χ3v) is 4.38. The summed E-state index contributed by atoms with van der Waals surface area (Å²) in [6.45, 7) is 3.53. The van der Waals surface area contributed by atoms with E-state index in [1.54, 1.807) is 28.4 Å². The number of rotatable bonds is 8. The molecule has 1 atom stereocenters. The number of aliphatic imine (C=N–C) groups is 1. The number of ether oxygens (including phenoxy) is 3. The van der Waals surface area contributed by atoms with Gasteiger partial charge in [0.25, 0.3) is 0 Å². The van der Waals surface area contributed by atoms with Gasteiger partial charge in [-0.3, -0.25) is 4.99 Å². The van der Waals surface area contributed by atoms with Crippen molar-refractivity contribution in [2.75, 3.05) is 34.9 Å². The Morgan fingerprint density at radius 3 is 2.30 bits per heavy atom. The highest BCUT2D eigenvalue weighted by Crippen LogP contribution is 2.27. The molecule has 0 spiro atoms. The van der Waals surface area contributed by atoms with Crippen LogP contribution in [0.15, 0.2) is 47.5 Å². The van der Waals surface area contributed by atoms with Gasteiger partial charge in [0.2, 0.25) is 0 Å². The average Bonchev–Trinajstić information content (AvgIpc) is 2.73. The van der Waals surface area contributed by atoms with Crippen LogP contribution in [-0.4, -0.2) is 40.9 Å². The normalized spacial score (nSPS) is 12.3. The van der Waals surface area contributed by atoms with Crippen molar-refractivity contribution >= 4 is 5.96 Å². The molecule has 0 bridgehead atoms. The van der Waals surface area contributed by atoms with Gasteiger partial charge in [0.05, 0.1) is 21.3 Å².